The van der Waals surface area contributed by atoms with Gasteiger partial charge in [-0.3, -0.25) is 0 Å². The van der Waals surface area contributed by atoms with E-state index in [9.17, 15) is 0 Å². The first-order valence-electron chi connectivity index (χ1n) is 6.31. The van der Waals surface area contributed by atoms with Crippen molar-refractivity contribution in [1.82, 2.24) is 4.98 Å². The van der Waals surface area contributed by atoms with Crippen LogP contribution in [0, 0.1) is 0 Å². The molecule has 1 heterocycles. The SMILES string of the molecule is CCOCC(Oc1cccnc1N)c1ccccc1. The lowest BCUT2D eigenvalue weighted by Crippen LogP contribution is -2.15. The predicted molar refractivity (Wildman–Crippen MR) is 75.0 cm³/mol. The lowest BCUT2D eigenvalue weighted by atomic mass is 10.1. The van der Waals surface area contributed by atoms with Gasteiger partial charge in [0.1, 0.15) is 6.10 Å². The molecule has 4 heteroatoms. The molecule has 0 radical (unpaired) electrons. The summed E-state index contributed by atoms with van der Waals surface area (Å²) >= 11 is 0. The van der Waals surface area contributed by atoms with Crippen LogP contribution in [0.5, 0.6) is 5.75 Å². The molecule has 1 unspecified atom stereocenters. The average Bonchev–Trinajstić information content (AvgIpc) is 2.46. The molecule has 2 rings (SSSR count). The molecule has 0 aliphatic heterocycles. The zero-order valence-electron chi connectivity index (χ0n) is 11.0. The van der Waals surface area contributed by atoms with Crippen LogP contribution >= 0.6 is 0 Å². The summed E-state index contributed by atoms with van der Waals surface area (Å²) in [4.78, 5) is 4.02. The highest BCUT2D eigenvalue weighted by Crippen LogP contribution is 2.25. The first-order valence-corrected chi connectivity index (χ1v) is 6.31. The number of nitrogen functional groups attached to an aromatic ring is 1. The van der Waals surface area contributed by atoms with Crippen molar-refractivity contribution < 1.29 is 9.47 Å². The minimum Gasteiger partial charge on any atom is -0.479 e. The van der Waals surface area contributed by atoms with E-state index in [-0.39, 0.29) is 6.10 Å². The first-order chi connectivity index (χ1) is 9.31. The van der Waals surface area contributed by atoms with Crippen LogP contribution in [0.25, 0.3) is 0 Å². The molecule has 0 amide bonds. The molecule has 0 saturated carbocycles. The zero-order valence-corrected chi connectivity index (χ0v) is 11.0. The maximum absolute atomic E-state index is 5.92. The van der Waals surface area contributed by atoms with E-state index in [4.69, 9.17) is 15.2 Å². The van der Waals surface area contributed by atoms with E-state index in [0.29, 0.717) is 24.8 Å². The van der Waals surface area contributed by atoms with Crippen LogP contribution in [0.2, 0.25) is 0 Å². The summed E-state index contributed by atoms with van der Waals surface area (Å²) in [7, 11) is 0. The number of rotatable bonds is 6. The summed E-state index contributed by atoms with van der Waals surface area (Å²) in [5.41, 5.74) is 6.85. The van der Waals surface area contributed by atoms with Gasteiger partial charge in [0.25, 0.3) is 0 Å². The number of hydrogen-bond acceptors (Lipinski definition) is 4. The van der Waals surface area contributed by atoms with Crippen LogP contribution in [-0.2, 0) is 4.74 Å². The van der Waals surface area contributed by atoms with Crippen molar-refractivity contribution in [2.24, 2.45) is 0 Å². The van der Waals surface area contributed by atoms with E-state index < -0.39 is 0 Å². The highest BCUT2D eigenvalue weighted by Gasteiger charge is 2.14. The molecular weight excluding hydrogens is 240 g/mol. The largest absolute Gasteiger partial charge is 0.479 e. The lowest BCUT2D eigenvalue weighted by Gasteiger charge is -2.20. The Hall–Kier alpha value is -2.07. The molecule has 0 spiro atoms. The van der Waals surface area contributed by atoms with Crippen molar-refractivity contribution in [2.75, 3.05) is 18.9 Å². The second-order valence-corrected chi connectivity index (χ2v) is 4.06. The molecule has 0 aliphatic carbocycles. The summed E-state index contributed by atoms with van der Waals surface area (Å²) in [5.74, 6) is 0.969. The van der Waals surface area contributed by atoms with E-state index in [0.717, 1.165) is 5.56 Å². The summed E-state index contributed by atoms with van der Waals surface area (Å²) < 4.78 is 11.4. The van der Waals surface area contributed by atoms with Crippen LogP contribution in [-0.4, -0.2) is 18.2 Å². The molecule has 4 nitrogen and oxygen atoms in total. The Labute approximate surface area is 113 Å². The van der Waals surface area contributed by atoms with Gasteiger partial charge in [-0.15, -0.1) is 0 Å². The number of ether oxygens (including phenoxy) is 2. The van der Waals surface area contributed by atoms with Gasteiger partial charge in [-0.1, -0.05) is 30.3 Å². The molecule has 1 aromatic carbocycles. The fourth-order valence-electron chi connectivity index (χ4n) is 1.75. The molecule has 0 saturated heterocycles. The highest BCUT2D eigenvalue weighted by molar-refractivity contribution is 5.45. The topological polar surface area (TPSA) is 57.4 Å². The van der Waals surface area contributed by atoms with E-state index in [2.05, 4.69) is 4.98 Å². The maximum atomic E-state index is 5.92. The Kier molecular flexibility index (Phi) is 4.75. The van der Waals surface area contributed by atoms with Crippen molar-refractivity contribution >= 4 is 5.82 Å². The van der Waals surface area contributed by atoms with Crippen LogP contribution < -0.4 is 10.5 Å². The summed E-state index contributed by atoms with van der Waals surface area (Å²) in [6.45, 7) is 3.09. The first kappa shape index (κ1) is 13.4. The Morgan fingerprint density at radius 1 is 1.16 bits per heavy atom. The van der Waals surface area contributed by atoms with Gasteiger partial charge in [0.05, 0.1) is 6.61 Å². The maximum Gasteiger partial charge on any atom is 0.166 e. The molecule has 2 aromatic rings. The monoisotopic (exact) mass is 258 g/mol. The normalized spacial score (nSPS) is 12.1. The molecule has 0 aliphatic rings. The second-order valence-electron chi connectivity index (χ2n) is 4.06. The summed E-state index contributed by atoms with van der Waals surface area (Å²) in [5, 5.41) is 0. The molecule has 1 atom stereocenters. The number of nitrogens with two attached hydrogens (primary N) is 1. The number of hydrogen-bond donors (Lipinski definition) is 1. The Morgan fingerprint density at radius 2 is 1.95 bits per heavy atom. The van der Waals surface area contributed by atoms with Crippen molar-refractivity contribution in [3.63, 3.8) is 0 Å². The Balaban J connectivity index is 2.17. The van der Waals surface area contributed by atoms with Gasteiger partial charge in [0.2, 0.25) is 0 Å². The fourth-order valence-corrected chi connectivity index (χ4v) is 1.75. The standard InChI is InChI=1S/C15H18N2O2/c1-2-18-11-14(12-7-4-3-5-8-12)19-13-9-6-10-17-15(13)16/h3-10,14H,2,11H2,1H3,(H2,16,17). The summed E-state index contributed by atoms with van der Waals surface area (Å²) in [6.07, 6.45) is 1.45. The second kappa shape index (κ2) is 6.75. The van der Waals surface area contributed by atoms with Crippen molar-refractivity contribution in [1.29, 1.82) is 0 Å². The molecule has 0 bridgehead atoms. The Bertz CT molecular complexity index is 503. The molecule has 100 valence electrons. The smallest absolute Gasteiger partial charge is 0.166 e. The third-order valence-electron chi connectivity index (χ3n) is 2.71. The molecule has 2 N–H and O–H groups in total. The minimum atomic E-state index is -0.187. The number of pyridine rings is 1. The molecule has 19 heavy (non-hydrogen) atoms. The third-order valence-corrected chi connectivity index (χ3v) is 2.71. The molecule has 1 aromatic heterocycles. The fraction of sp³-hybridized carbons (Fsp3) is 0.267. The van der Waals surface area contributed by atoms with Gasteiger partial charge >= 0.3 is 0 Å². The van der Waals surface area contributed by atoms with Crippen LogP contribution in [0.4, 0.5) is 5.82 Å². The lowest BCUT2D eigenvalue weighted by molar-refractivity contribution is 0.0563. The van der Waals surface area contributed by atoms with Gasteiger partial charge in [0, 0.05) is 12.8 Å². The third kappa shape index (κ3) is 3.69. The minimum absolute atomic E-state index is 0.187. The van der Waals surface area contributed by atoms with Gasteiger partial charge in [-0.25, -0.2) is 4.98 Å². The molecule has 0 fully saturated rings. The zero-order chi connectivity index (χ0) is 13.5. The highest BCUT2D eigenvalue weighted by atomic mass is 16.5. The number of aromatic nitrogens is 1. The van der Waals surface area contributed by atoms with E-state index >= 15 is 0 Å². The van der Waals surface area contributed by atoms with Gasteiger partial charge in [-0.2, -0.15) is 0 Å². The Morgan fingerprint density at radius 3 is 2.63 bits per heavy atom. The van der Waals surface area contributed by atoms with E-state index in [1.807, 2.05) is 43.3 Å². The van der Waals surface area contributed by atoms with Crippen molar-refractivity contribution in [3.8, 4) is 5.75 Å². The van der Waals surface area contributed by atoms with Crippen molar-refractivity contribution in [2.45, 2.75) is 13.0 Å². The van der Waals surface area contributed by atoms with Crippen molar-refractivity contribution in [3.05, 3.63) is 54.2 Å². The van der Waals surface area contributed by atoms with Gasteiger partial charge < -0.3 is 15.2 Å². The molecular formula is C15H18N2O2. The number of anilines is 1. The van der Waals surface area contributed by atoms with Gasteiger partial charge in [0.15, 0.2) is 11.6 Å². The summed E-state index contributed by atoms with van der Waals surface area (Å²) in [6, 6.07) is 13.6. The van der Waals surface area contributed by atoms with Crippen LogP contribution in [0.1, 0.15) is 18.6 Å². The number of benzene rings is 1. The average molecular weight is 258 g/mol. The van der Waals surface area contributed by atoms with E-state index in [1.165, 1.54) is 0 Å². The quantitative estimate of drug-likeness (QED) is 0.865. The van der Waals surface area contributed by atoms with E-state index in [1.54, 1.807) is 12.3 Å². The predicted octanol–water partition coefficient (Wildman–Crippen LogP) is 2.82. The van der Waals surface area contributed by atoms with Crippen LogP contribution in [0.3, 0.4) is 0 Å². The number of nitrogens with zero attached hydrogens (tertiary/aromatic N) is 1. The van der Waals surface area contributed by atoms with Gasteiger partial charge in [-0.05, 0) is 24.6 Å². The van der Waals surface area contributed by atoms with Crippen LogP contribution in [0.15, 0.2) is 48.7 Å².